The number of ether oxygens (including phenoxy) is 2. The zero-order valence-corrected chi connectivity index (χ0v) is 18.4. The summed E-state index contributed by atoms with van der Waals surface area (Å²) in [6.45, 7) is 0. The van der Waals surface area contributed by atoms with Crippen molar-refractivity contribution >= 4 is 23.6 Å². The monoisotopic (exact) mass is 422 g/mol. The van der Waals surface area contributed by atoms with Gasteiger partial charge < -0.3 is 19.7 Å². The molecule has 6 nitrogen and oxygen atoms in total. The van der Waals surface area contributed by atoms with Gasteiger partial charge in [0.2, 0.25) is 5.91 Å². The molecule has 0 spiro atoms. The number of carbonyl (C=O) groups is 2. The SMILES string of the molecule is COc1ccc(/C=C/C(=O)Nc2ccc(C(=O)N(C)C3CCCCC3)cc2)cc1OC. The van der Waals surface area contributed by atoms with Crippen molar-refractivity contribution in [2.24, 2.45) is 0 Å². The lowest BCUT2D eigenvalue weighted by Crippen LogP contribution is -2.38. The van der Waals surface area contributed by atoms with E-state index in [1.54, 1.807) is 56.7 Å². The summed E-state index contributed by atoms with van der Waals surface area (Å²) in [6, 6.07) is 12.8. The van der Waals surface area contributed by atoms with Crippen molar-refractivity contribution in [3.05, 3.63) is 59.7 Å². The Kier molecular flexibility index (Phi) is 7.70. The summed E-state index contributed by atoms with van der Waals surface area (Å²) in [5, 5.41) is 2.82. The molecule has 31 heavy (non-hydrogen) atoms. The summed E-state index contributed by atoms with van der Waals surface area (Å²) < 4.78 is 10.5. The first-order valence-corrected chi connectivity index (χ1v) is 10.6. The molecule has 0 bridgehead atoms. The van der Waals surface area contributed by atoms with Gasteiger partial charge >= 0.3 is 0 Å². The number of anilines is 1. The minimum atomic E-state index is -0.256. The van der Waals surface area contributed by atoms with E-state index < -0.39 is 0 Å². The van der Waals surface area contributed by atoms with Crippen molar-refractivity contribution in [1.29, 1.82) is 0 Å². The molecular weight excluding hydrogens is 392 g/mol. The molecule has 0 radical (unpaired) electrons. The summed E-state index contributed by atoms with van der Waals surface area (Å²) in [5.74, 6) is 1.00. The number of methoxy groups -OCH3 is 2. The quantitative estimate of drug-likeness (QED) is 0.653. The number of rotatable bonds is 7. The van der Waals surface area contributed by atoms with Gasteiger partial charge in [-0.3, -0.25) is 9.59 Å². The number of nitrogens with one attached hydrogen (secondary N) is 1. The standard InChI is InChI=1S/C25H30N2O4/c1-27(21-7-5-4-6-8-21)25(29)19-11-13-20(14-12-19)26-24(28)16-10-18-9-15-22(30-2)23(17-18)31-3/h9-17,21H,4-8H2,1-3H3,(H,26,28)/b16-10+. The molecule has 1 fully saturated rings. The largest absolute Gasteiger partial charge is 0.493 e. The first-order valence-electron chi connectivity index (χ1n) is 10.6. The van der Waals surface area contributed by atoms with Crippen LogP contribution in [0.4, 0.5) is 5.69 Å². The fraction of sp³-hybridized carbons (Fsp3) is 0.360. The first kappa shape index (κ1) is 22.4. The van der Waals surface area contributed by atoms with Crippen molar-refractivity contribution in [1.82, 2.24) is 4.90 Å². The van der Waals surface area contributed by atoms with Gasteiger partial charge in [0, 0.05) is 30.4 Å². The molecule has 0 saturated heterocycles. The first-order chi connectivity index (χ1) is 15.0. The molecule has 2 aromatic carbocycles. The second-order valence-electron chi connectivity index (χ2n) is 7.72. The molecule has 0 heterocycles. The van der Waals surface area contributed by atoms with E-state index in [2.05, 4.69) is 5.32 Å². The van der Waals surface area contributed by atoms with Gasteiger partial charge in [-0.25, -0.2) is 0 Å². The van der Waals surface area contributed by atoms with Crippen molar-refractivity contribution in [2.75, 3.05) is 26.6 Å². The summed E-state index contributed by atoms with van der Waals surface area (Å²) in [4.78, 5) is 26.9. The molecule has 0 atom stereocenters. The van der Waals surface area contributed by atoms with Crippen LogP contribution in [-0.4, -0.2) is 44.0 Å². The van der Waals surface area contributed by atoms with E-state index in [4.69, 9.17) is 9.47 Å². The lowest BCUT2D eigenvalue weighted by molar-refractivity contribution is -0.111. The minimum absolute atomic E-state index is 0.0260. The van der Waals surface area contributed by atoms with E-state index in [-0.39, 0.29) is 11.8 Å². The third-order valence-electron chi connectivity index (χ3n) is 5.68. The zero-order valence-electron chi connectivity index (χ0n) is 18.4. The Hall–Kier alpha value is -3.28. The predicted molar refractivity (Wildman–Crippen MR) is 123 cm³/mol. The van der Waals surface area contributed by atoms with Gasteiger partial charge in [-0.15, -0.1) is 0 Å². The van der Waals surface area contributed by atoms with Crippen molar-refractivity contribution in [3.63, 3.8) is 0 Å². The van der Waals surface area contributed by atoms with Crippen LogP contribution in [0.25, 0.3) is 6.08 Å². The van der Waals surface area contributed by atoms with E-state index in [0.29, 0.717) is 28.8 Å². The molecule has 164 valence electrons. The summed E-state index contributed by atoms with van der Waals surface area (Å²) in [7, 11) is 5.03. The third kappa shape index (κ3) is 5.87. The van der Waals surface area contributed by atoms with Gasteiger partial charge in [0.05, 0.1) is 14.2 Å². The van der Waals surface area contributed by atoms with Gasteiger partial charge in [0.15, 0.2) is 11.5 Å². The molecule has 3 rings (SSSR count). The second-order valence-corrected chi connectivity index (χ2v) is 7.72. The number of hydrogen-bond donors (Lipinski definition) is 1. The molecule has 0 aromatic heterocycles. The van der Waals surface area contributed by atoms with Gasteiger partial charge in [-0.1, -0.05) is 25.3 Å². The maximum Gasteiger partial charge on any atom is 0.253 e. The molecule has 2 aromatic rings. The molecule has 1 aliphatic rings. The fourth-order valence-electron chi connectivity index (χ4n) is 3.85. The molecule has 1 aliphatic carbocycles. The van der Waals surface area contributed by atoms with Gasteiger partial charge in [-0.2, -0.15) is 0 Å². The van der Waals surface area contributed by atoms with Crippen LogP contribution < -0.4 is 14.8 Å². The van der Waals surface area contributed by atoms with Crippen LogP contribution in [0.5, 0.6) is 11.5 Å². The van der Waals surface area contributed by atoms with Crippen molar-refractivity contribution < 1.29 is 19.1 Å². The smallest absolute Gasteiger partial charge is 0.253 e. The van der Waals surface area contributed by atoms with Gasteiger partial charge in [0.25, 0.3) is 5.91 Å². The van der Waals surface area contributed by atoms with E-state index in [9.17, 15) is 9.59 Å². The molecule has 0 unspecified atom stereocenters. The Labute approximate surface area is 183 Å². The minimum Gasteiger partial charge on any atom is -0.493 e. The maximum atomic E-state index is 12.7. The molecule has 2 amide bonds. The third-order valence-corrected chi connectivity index (χ3v) is 5.68. The molecular formula is C25H30N2O4. The van der Waals surface area contributed by atoms with E-state index in [1.165, 1.54) is 25.3 Å². The van der Waals surface area contributed by atoms with Crippen LogP contribution in [0.2, 0.25) is 0 Å². The Bertz CT molecular complexity index is 931. The molecule has 1 saturated carbocycles. The van der Waals surface area contributed by atoms with Crippen LogP contribution in [-0.2, 0) is 4.79 Å². The van der Waals surface area contributed by atoms with Crippen LogP contribution in [0.3, 0.4) is 0 Å². The highest BCUT2D eigenvalue weighted by Crippen LogP contribution is 2.28. The maximum absolute atomic E-state index is 12.7. The molecule has 1 N–H and O–H groups in total. The highest BCUT2D eigenvalue weighted by Gasteiger charge is 2.22. The molecule has 0 aliphatic heterocycles. The lowest BCUT2D eigenvalue weighted by atomic mass is 9.94. The van der Waals surface area contributed by atoms with Crippen molar-refractivity contribution in [3.8, 4) is 11.5 Å². The van der Waals surface area contributed by atoms with Crippen molar-refractivity contribution in [2.45, 2.75) is 38.1 Å². The fourth-order valence-corrected chi connectivity index (χ4v) is 3.85. The second kappa shape index (κ2) is 10.7. The van der Waals surface area contributed by atoms with Crippen LogP contribution in [0.1, 0.15) is 48.0 Å². The van der Waals surface area contributed by atoms with E-state index in [1.807, 2.05) is 18.0 Å². The zero-order chi connectivity index (χ0) is 22.2. The van der Waals surface area contributed by atoms with Crippen LogP contribution in [0.15, 0.2) is 48.5 Å². The van der Waals surface area contributed by atoms with Crippen LogP contribution >= 0.6 is 0 Å². The topological polar surface area (TPSA) is 67.9 Å². The number of benzene rings is 2. The Morgan fingerprint density at radius 3 is 2.29 bits per heavy atom. The average molecular weight is 423 g/mol. The Balaban J connectivity index is 1.58. The summed E-state index contributed by atoms with van der Waals surface area (Å²) in [5.41, 5.74) is 2.09. The number of amides is 2. The van der Waals surface area contributed by atoms with E-state index in [0.717, 1.165) is 18.4 Å². The Morgan fingerprint density at radius 2 is 1.65 bits per heavy atom. The Morgan fingerprint density at radius 1 is 0.968 bits per heavy atom. The summed E-state index contributed by atoms with van der Waals surface area (Å²) >= 11 is 0. The molecule has 6 heteroatoms. The predicted octanol–water partition coefficient (Wildman–Crippen LogP) is 4.76. The van der Waals surface area contributed by atoms with E-state index >= 15 is 0 Å². The summed E-state index contributed by atoms with van der Waals surface area (Å²) in [6.07, 6.45) is 8.93. The average Bonchev–Trinajstić information content (AvgIpc) is 2.82. The lowest BCUT2D eigenvalue weighted by Gasteiger charge is -2.31. The number of carbonyl (C=O) groups excluding carboxylic acids is 2. The van der Waals surface area contributed by atoms with Gasteiger partial charge in [0.1, 0.15) is 0 Å². The van der Waals surface area contributed by atoms with Gasteiger partial charge in [-0.05, 0) is 60.9 Å². The number of nitrogens with zero attached hydrogens (tertiary/aromatic N) is 1. The number of hydrogen-bond acceptors (Lipinski definition) is 4. The normalized spacial score (nSPS) is 14.3. The van der Waals surface area contributed by atoms with Crippen LogP contribution in [0, 0.1) is 0 Å². The highest BCUT2D eigenvalue weighted by molar-refractivity contribution is 6.02. The highest BCUT2D eigenvalue weighted by atomic mass is 16.5.